The van der Waals surface area contributed by atoms with Gasteiger partial charge in [0.2, 0.25) is 20.9 Å². The summed E-state index contributed by atoms with van der Waals surface area (Å²) in [7, 11) is -3.52. The fourth-order valence-electron chi connectivity index (χ4n) is 2.37. The number of nitrogens with one attached hydrogen (secondary N) is 1. The quantitative estimate of drug-likeness (QED) is 0.542. The Kier molecular flexibility index (Phi) is 3.81. The molecule has 0 aliphatic heterocycles. The zero-order valence-corrected chi connectivity index (χ0v) is 14.4. The Morgan fingerprint density at radius 1 is 1.04 bits per heavy atom. The minimum atomic E-state index is -3.52. The van der Waals surface area contributed by atoms with Crippen molar-refractivity contribution in [2.75, 3.05) is 11.6 Å². The van der Waals surface area contributed by atoms with Gasteiger partial charge >= 0.3 is 0 Å². The number of aromatic nitrogens is 6. The fourth-order valence-corrected chi connectivity index (χ4v) is 2.89. The molecule has 0 saturated heterocycles. The lowest BCUT2D eigenvalue weighted by Gasteiger charge is -2.09. The van der Waals surface area contributed by atoms with Crippen LogP contribution < -0.4 is 5.32 Å². The van der Waals surface area contributed by atoms with E-state index in [1.165, 1.54) is 17.0 Å². The summed E-state index contributed by atoms with van der Waals surface area (Å²) >= 11 is 0. The molecule has 3 heterocycles. The molecular weight excluding hydrogens is 354 g/mol. The van der Waals surface area contributed by atoms with Gasteiger partial charge in [-0.3, -0.25) is 0 Å². The Morgan fingerprint density at radius 3 is 2.62 bits per heavy atom. The highest BCUT2D eigenvalue weighted by atomic mass is 32.2. The van der Waals surface area contributed by atoms with Crippen LogP contribution in [0.25, 0.3) is 16.9 Å². The molecule has 1 aromatic carbocycles. The lowest BCUT2D eigenvalue weighted by Crippen LogP contribution is -2.08. The zero-order valence-electron chi connectivity index (χ0n) is 13.6. The monoisotopic (exact) mass is 367 g/mol. The van der Waals surface area contributed by atoms with Crippen LogP contribution in [0.4, 0.5) is 11.8 Å². The van der Waals surface area contributed by atoms with Crippen LogP contribution in [0.15, 0.2) is 60.1 Å². The predicted octanol–water partition coefficient (Wildman–Crippen LogP) is 1.73. The second kappa shape index (κ2) is 6.15. The van der Waals surface area contributed by atoms with Crippen molar-refractivity contribution in [1.29, 1.82) is 0 Å². The topological polar surface area (TPSA) is 115 Å². The van der Waals surface area contributed by atoms with Crippen LogP contribution in [0.5, 0.6) is 0 Å². The molecule has 4 rings (SSSR count). The Bertz CT molecular complexity index is 1190. The standard InChI is InChI=1S/C16H13N7O2S/c1-26(24,25)16-17-8-7-13(22-16)21-15-20-12(11-5-3-2-4-6-11)9-14-18-10-19-23(14)15/h2-10H,1H3,(H,17,20,21,22). The highest BCUT2D eigenvalue weighted by molar-refractivity contribution is 7.90. The third-order valence-electron chi connectivity index (χ3n) is 3.54. The van der Waals surface area contributed by atoms with E-state index in [9.17, 15) is 8.42 Å². The van der Waals surface area contributed by atoms with Crippen molar-refractivity contribution in [2.24, 2.45) is 0 Å². The van der Waals surface area contributed by atoms with Crippen LogP contribution in [-0.4, -0.2) is 44.2 Å². The maximum Gasteiger partial charge on any atom is 0.248 e. The Balaban J connectivity index is 1.80. The first-order valence-electron chi connectivity index (χ1n) is 7.57. The summed E-state index contributed by atoms with van der Waals surface area (Å²) in [5.74, 6) is 0.645. The highest BCUT2D eigenvalue weighted by Gasteiger charge is 2.14. The van der Waals surface area contributed by atoms with Crippen molar-refractivity contribution in [1.82, 2.24) is 29.5 Å². The maximum absolute atomic E-state index is 11.7. The van der Waals surface area contributed by atoms with E-state index in [1.54, 1.807) is 6.07 Å². The van der Waals surface area contributed by atoms with E-state index in [4.69, 9.17) is 0 Å². The van der Waals surface area contributed by atoms with Crippen LogP contribution in [0.2, 0.25) is 0 Å². The number of hydrogen-bond acceptors (Lipinski definition) is 8. The van der Waals surface area contributed by atoms with Gasteiger partial charge < -0.3 is 5.32 Å². The highest BCUT2D eigenvalue weighted by Crippen LogP contribution is 2.22. The summed E-state index contributed by atoms with van der Waals surface area (Å²) in [6.07, 6.45) is 3.83. The molecule has 3 aromatic heterocycles. The van der Waals surface area contributed by atoms with Gasteiger partial charge in [-0.2, -0.15) is 9.61 Å². The molecule has 4 aromatic rings. The van der Waals surface area contributed by atoms with Crippen molar-refractivity contribution < 1.29 is 8.42 Å². The molecule has 0 aliphatic rings. The van der Waals surface area contributed by atoms with Crippen molar-refractivity contribution >= 4 is 27.3 Å². The van der Waals surface area contributed by atoms with Crippen molar-refractivity contribution in [3.05, 3.63) is 55.0 Å². The van der Waals surface area contributed by atoms with Crippen molar-refractivity contribution in [3.63, 3.8) is 0 Å². The van der Waals surface area contributed by atoms with Gasteiger partial charge in [-0.05, 0) is 6.07 Å². The minimum Gasteiger partial charge on any atom is -0.309 e. The predicted molar refractivity (Wildman–Crippen MR) is 94.6 cm³/mol. The van der Waals surface area contributed by atoms with Crippen LogP contribution in [-0.2, 0) is 9.84 Å². The molecule has 10 heteroatoms. The first-order valence-corrected chi connectivity index (χ1v) is 9.46. The van der Waals surface area contributed by atoms with E-state index in [-0.39, 0.29) is 11.0 Å². The first kappa shape index (κ1) is 16.1. The van der Waals surface area contributed by atoms with E-state index >= 15 is 0 Å². The van der Waals surface area contributed by atoms with Gasteiger partial charge in [0, 0.05) is 24.1 Å². The van der Waals surface area contributed by atoms with Gasteiger partial charge in [0.25, 0.3) is 0 Å². The van der Waals surface area contributed by atoms with Crippen molar-refractivity contribution in [3.8, 4) is 11.3 Å². The summed E-state index contributed by atoms with van der Waals surface area (Å²) in [6.45, 7) is 0. The third-order valence-corrected chi connectivity index (χ3v) is 4.40. The van der Waals surface area contributed by atoms with Gasteiger partial charge in [-0.1, -0.05) is 30.3 Å². The summed E-state index contributed by atoms with van der Waals surface area (Å²) in [6, 6.07) is 13.0. The average molecular weight is 367 g/mol. The summed E-state index contributed by atoms with van der Waals surface area (Å²) in [4.78, 5) is 16.6. The summed E-state index contributed by atoms with van der Waals surface area (Å²) in [5.41, 5.74) is 2.21. The fraction of sp³-hybridized carbons (Fsp3) is 0.0625. The largest absolute Gasteiger partial charge is 0.309 e. The van der Waals surface area contributed by atoms with Crippen LogP contribution in [0.3, 0.4) is 0 Å². The van der Waals surface area contributed by atoms with E-state index in [0.717, 1.165) is 11.8 Å². The second-order valence-electron chi connectivity index (χ2n) is 5.48. The second-order valence-corrected chi connectivity index (χ2v) is 7.39. The van der Waals surface area contributed by atoms with Crippen LogP contribution in [0.1, 0.15) is 0 Å². The number of benzene rings is 1. The Morgan fingerprint density at radius 2 is 1.85 bits per heavy atom. The smallest absolute Gasteiger partial charge is 0.248 e. The molecule has 9 nitrogen and oxygen atoms in total. The Hall–Kier alpha value is -3.40. The van der Waals surface area contributed by atoms with Gasteiger partial charge in [0.15, 0.2) is 5.65 Å². The molecule has 26 heavy (non-hydrogen) atoms. The van der Waals surface area contributed by atoms with Crippen LogP contribution in [0, 0.1) is 0 Å². The number of rotatable bonds is 4. The molecule has 0 aliphatic carbocycles. The van der Waals surface area contributed by atoms with Gasteiger partial charge in [-0.25, -0.2) is 28.4 Å². The third kappa shape index (κ3) is 3.09. The first-order chi connectivity index (χ1) is 12.5. The summed E-state index contributed by atoms with van der Waals surface area (Å²) < 4.78 is 24.8. The summed E-state index contributed by atoms with van der Waals surface area (Å²) in [5, 5.41) is 6.86. The maximum atomic E-state index is 11.7. The van der Waals surface area contributed by atoms with Gasteiger partial charge in [0.1, 0.15) is 12.1 Å². The molecule has 0 saturated carbocycles. The number of nitrogens with zero attached hydrogens (tertiary/aromatic N) is 6. The Labute approximate surface area is 148 Å². The molecule has 0 amide bonds. The van der Waals surface area contributed by atoms with E-state index < -0.39 is 9.84 Å². The van der Waals surface area contributed by atoms with Gasteiger partial charge in [-0.15, -0.1) is 0 Å². The molecule has 0 bridgehead atoms. The number of sulfone groups is 1. The molecule has 0 spiro atoms. The van der Waals surface area contributed by atoms with E-state index in [1.807, 2.05) is 36.4 Å². The SMILES string of the molecule is CS(=O)(=O)c1nccc(Nc2nc(-c3ccccc3)cc3ncnn23)n1. The van der Waals surface area contributed by atoms with Crippen LogP contribution >= 0.6 is 0 Å². The lowest BCUT2D eigenvalue weighted by molar-refractivity contribution is 0.593. The normalized spacial score (nSPS) is 11.6. The molecule has 0 radical (unpaired) electrons. The average Bonchev–Trinajstić information content (AvgIpc) is 3.11. The number of fused-ring (bicyclic) bond motifs is 1. The minimum absolute atomic E-state index is 0.267. The molecule has 0 atom stereocenters. The molecule has 0 fully saturated rings. The number of anilines is 2. The molecular formula is C16H13N7O2S. The lowest BCUT2D eigenvalue weighted by atomic mass is 10.1. The van der Waals surface area contributed by atoms with E-state index in [2.05, 4.69) is 30.4 Å². The zero-order chi connectivity index (χ0) is 18.1. The molecule has 1 N–H and O–H groups in total. The molecule has 130 valence electrons. The van der Waals surface area contributed by atoms with E-state index in [0.29, 0.717) is 17.3 Å². The van der Waals surface area contributed by atoms with Crippen molar-refractivity contribution in [2.45, 2.75) is 5.16 Å². The van der Waals surface area contributed by atoms with Gasteiger partial charge in [0.05, 0.1) is 5.69 Å². The molecule has 0 unspecified atom stereocenters. The number of hydrogen-bond donors (Lipinski definition) is 1.